The highest BCUT2D eigenvalue weighted by Crippen LogP contribution is 2.27. The Bertz CT molecular complexity index is 906. The van der Waals surface area contributed by atoms with E-state index in [4.69, 9.17) is 9.15 Å². The first-order valence-electron chi connectivity index (χ1n) is 8.03. The van der Waals surface area contributed by atoms with Crippen molar-refractivity contribution < 1.29 is 18.3 Å². The number of carbonyl (C=O) groups excluding carboxylic acids is 1. The van der Waals surface area contributed by atoms with Crippen molar-refractivity contribution in [3.63, 3.8) is 0 Å². The van der Waals surface area contributed by atoms with Crippen LogP contribution in [0.15, 0.2) is 53.1 Å². The molecule has 0 unspecified atom stereocenters. The van der Waals surface area contributed by atoms with Gasteiger partial charge in [-0.1, -0.05) is 0 Å². The number of halogens is 1. The molecule has 0 N–H and O–H groups in total. The molecule has 6 heteroatoms. The van der Waals surface area contributed by atoms with Crippen LogP contribution in [0.3, 0.4) is 0 Å². The van der Waals surface area contributed by atoms with E-state index in [2.05, 4.69) is 4.98 Å². The maximum absolute atomic E-state index is 13.0. The number of Topliss-reactive ketones (excluding diaryl/α,β-unsaturated/α-hetero) is 1. The predicted molar refractivity (Wildman–Crippen MR) is 99.9 cm³/mol. The lowest BCUT2D eigenvalue weighted by Crippen LogP contribution is -1.97. The number of oxazole rings is 1. The molecule has 0 amide bonds. The lowest BCUT2D eigenvalue weighted by Gasteiger charge is -2.09. The molecule has 26 heavy (non-hydrogen) atoms. The monoisotopic (exact) mass is 371 g/mol. The Balaban J connectivity index is 1.64. The number of ketones is 1. The minimum absolute atomic E-state index is 0.0272. The van der Waals surface area contributed by atoms with Crippen LogP contribution in [0, 0.1) is 5.82 Å². The minimum atomic E-state index is -0.294. The summed E-state index contributed by atoms with van der Waals surface area (Å²) in [7, 11) is 1.61. The first kappa shape index (κ1) is 18.2. The van der Waals surface area contributed by atoms with E-state index >= 15 is 0 Å². The number of ether oxygens (including phenoxy) is 1. The number of benzene rings is 2. The summed E-state index contributed by atoms with van der Waals surface area (Å²) in [6, 6.07) is 11.5. The van der Waals surface area contributed by atoms with Crippen LogP contribution in [-0.2, 0) is 11.5 Å². The molecule has 1 aromatic heterocycles. The van der Waals surface area contributed by atoms with Crippen LogP contribution < -0.4 is 4.74 Å². The molecule has 0 aliphatic rings. The molecule has 0 saturated carbocycles. The van der Waals surface area contributed by atoms with Crippen LogP contribution >= 0.6 is 11.8 Å². The van der Waals surface area contributed by atoms with Gasteiger partial charge in [0.05, 0.1) is 12.8 Å². The van der Waals surface area contributed by atoms with Gasteiger partial charge in [0.1, 0.15) is 17.8 Å². The van der Waals surface area contributed by atoms with Gasteiger partial charge in [0, 0.05) is 28.2 Å². The molecule has 0 saturated heterocycles. The van der Waals surface area contributed by atoms with Gasteiger partial charge in [-0.15, -0.1) is 0 Å². The van der Waals surface area contributed by atoms with Crippen molar-refractivity contribution in [3.05, 3.63) is 71.4 Å². The van der Waals surface area contributed by atoms with Crippen LogP contribution in [-0.4, -0.2) is 17.9 Å². The summed E-state index contributed by atoms with van der Waals surface area (Å²) in [5, 5.41) is 0. The second-order valence-corrected chi connectivity index (χ2v) is 6.71. The second-order valence-electron chi connectivity index (χ2n) is 5.73. The van der Waals surface area contributed by atoms with E-state index in [9.17, 15) is 9.18 Å². The number of methoxy groups -OCH3 is 1. The number of carbonyl (C=O) groups is 1. The molecule has 0 aliphatic heterocycles. The van der Waals surface area contributed by atoms with Crippen LogP contribution in [0.25, 0.3) is 11.5 Å². The molecule has 0 aliphatic carbocycles. The maximum atomic E-state index is 13.0. The molecule has 0 atom stereocenters. The van der Waals surface area contributed by atoms with Crippen molar-refractivity contribution in [2.45, 2.75) is 18.4 Å². The molecule has 1 heterocycles. The fourth-order valence-electron chi connectivity index (χ4n) is 2.47. The largest absolute Gasteiger partial charge is 0.496 e. The maximum Gasteiger partial charge on any atom is 0.226 e. The Morgan fingerprint density at radius 3 is 2.65 bits per heavy atom. The van der Waals surface area contributed by atoms with Gasteiger partial charge in [-0.25, -0.2) is 9.37 Å². The van der Waals surface area contributed by atoms with Crippen LogP contribution in [0.4, 0.5) is 4.39 Å². The molecule has 0 spiro atoms. The highest BCUT2D eigenvalue weighted by atomic mass is 32.2. The van der Waals surface area contributed by atoms with Crippen molar-refractivity contribution >= 4 is 17.5 Å². The average Bonchev–Trinajstić information content (AvgIpc) is 3.11. The van der Waals surface area contributed by atoms with E-state index in [0.29, 0.717) is 23.0 Å². The van der Waals surface area contributed by atoms with Crippen LogP contribution in [0.5, 0.6) is 5.75 Å². The van der Waals surface area contributed by atoms with Crippen molar-refractivity contribution in [3.8, 4) is 17.2 Å². The predicted octanol–water partition coefficient (Wildman–Crippen LogP) is 5.13. The average molecular weight is 371 g/mol. The Morgan fingerprint density at radius 1 is 1.19 bits per heavy atom. The van der Waals surface area contributed by atoms with Gasteiger partial charge in [-0.2, -0.15) is 11.8 Å². The highest BCUT2D eigenvalue weighted by Gasteiger charge is 2.10. The zero-order valence-corrected chi connectivity index (χ0v) is 15.3. The van der Waals surface area contributed by atoms with Crippen LogP contribution in [0.1, 0.15) is 28.5 Å². The van der Waals surface area contributed by atoms with Crippen LogP contribution in [0.2, 0.25) is 0 Å². The van der Waals surface area contributed by atoms with Crippen molar-refractivity contribution in [1.29, 1.82) is 0 Å². The van der Waals surface area contributed by atoms with E-state index in [1.54, 1.807) is 50.3 Å². The summed E-state index contributed by atoms with van der Waals surface area (Å²) >= 11 is 1.65. The van der Waals surface area contributed by atoms with Gasteiger partial charge in [-0.3, -0.25) is 4.79 Å². The SMILES string of the molecule is COc1ccc(C(C)=O)cc1CSCc1coc(-c2ccc(F)cc2)n1. The standard InChI is InChI=1S/C20H18FNO3S/c1-13(23)15-5-8-19(24-2)16(9-15)11-26-12-18-10-25-20(22-18)14-3-6-17(21)7-4-14/h3-10H,11-12H2,1-2H3. The van der Waals surface area contributed by atoms with E-state index < -0.39 is 0 Å². The zero-order valence-electron chi connectivity index (χ0n) is 14.5. The van der Waals surface area contributed by atoms with E-state index in [-0.39, 0.29) is 11.6 Å². The molecule has 0 fully saturated rings. The Hall–Kier alpha value is -2.60. The molecule has 4 nitrogen and oxygen atoms in total. The number of aromatic nitrogens is 1. The quantitative estimate of drug-likeness (QED) is 0.539. The first-order valence-corrected chi connectivity index (χ1v) is 9.18. The summed E-state index contributed by atoms with van der Waals surface area (Å²) < 4.78 is 23.8. The fraction of sp³-hybridized carbons (Fsp3) is 0.200. The van der Waals surface area contributed by atoms with E-state index in [1.807, 2.05) is 12.1 Å². The molecular weight excluding hydrogens is 353 g/mol. The summed E-state index contributed by atoms with van der Waals surface area (Å²) in [6.45, 7) is 1.55. The van der Waals surface area contributed by atoms with Gasteiger partial charge in [0.25, 0.3) is 0 Å². The Kier molecular flexibility index (Phi) is 5.73. The molecule has 0 radical (unpaired) electrons. The smallest absolute Gasteiger partial charge is 0.226 e. The topological polar surface area (TPSA) is 52.3 Å². The van der Waals surface area contributed by atoms with Crippen molar-refractivity contribution in [1.82, 2.24) is 4.98 Å². The first-order chi connectivity index (χ1) is 12.6. The summed E-state index contributed by atoms with van der Waals surface area (Å²) in [4.78, 5) is 16.0. The third kappa shape index (κ3) is 4.32. The van der Waals surface area contributed by atoms with Gasteiger partial charge >= 0.3 is 0 Å². The number of hydrogen-bond donors (Lipinski definition) is 0. The zero-order chi connectivity index (χ0) is 18.5. The van der Waals surface area contributed by atoms with Gasteiger partial charge < -0.3 is 9.15 Å². The lowest BCUT2D eigenvalue weighted by molar-refractivity contribution is 0.101. The summed E-state index contributed by atoms with van der Waals surface area (Å²) in [5.74, 6) is 2.30. The third-order valence-corrected chi connectivity index (χ3v) is 4.85. The van der Waals surface area contributed by atoms with Crippen molar-refractivity contribution in [2.24, 2.45) is 0 Å². The van der Waals surface area contributed by atoms with E-state index in [1.165, 1.54) is 12.1 Å². The molecular formula is C20H18FNO3S. The molecule has 0 bridgehead atoms. The van der Waals surface area contributed by atoms with Gasteiger partial charge in [0.2, 0.25) is 5.89 Å². The lowest BCUT2D eigenvalue weighted by atomic mass is 10.1. The fourth-order valence-corrected chi connectivity index (χ4v) is 3.36. The highest BCUT2D eigenvalue weighted by molar-refractivity contribution is 7.97. The molecule has 3 aromatic rings. The van der Waals surface area contributed by atoms with Crippen molar-refractivity contribution in [2.75, 3.05) is 7.11 Å². The number of rotatable bonds is 7. The van der Waals surface area contributed by atoms with Gasteiger partial charge in [-0.05, 0) is 49.4 Å². The number of hydrogen-bond acceptors (Lipinski definition) is 5. The van der Waals surface area contributed by atoms with Gasteiger partial charge in [0.15, 0.2) is 5.78 Å². The summed E-state index contributed by atoms with van der Waals surface area (Å²) in [5.41, 5.74) is 3.17. The number of thioether (sulfide) groups is 1. The number of nitrogens with zero attached hydrogens (tertiary/aromatic N) is 1. The third-order valence-electron chi connectivity index (χ3n) is 3.84. The molecule has 2 aromatic carbocycles. The second kappa shape index (κ2) is 8.19. The molecule has 134 valence electrons. The van der Waals surface area contributed by atoms with E-state index in [0.717, 1.165) is 22.6 Å². The Morgan fingerprint density at radius 2 is 1.96 bits per heavy atom. The summed E-state index contributed by atoms with van der Waals surface area (Å²) in [6.07, 6.45) is 1.61. The normalized spacial score (nSPS) is 10.7. The Labute approximate surface area is 155 Å². The molecule has 3 rings (SSSR count). The minimum Gasteiger partial charge on any atom is -0.496 e.